The zero-order valence-electron chi connectivity index (χ0n) is 11.3. The second kappa shape index (κ2) is 7.84. The first-order valence-electron chi connectivity index (χ1n) is 6.11. The average Bonchev–Trinajstić information content (AvgIpc) is 2.51. The number of esters is 1. The smallest absolute Gasteiger partial charge is 0.359 e. The Kier molecular flexibility index (Phi) is 6.07. The number of rotatable bonds is 4. The van der Waals surface area contributed by atoms with Gasteiger partial charge in [0.05, 0.1) is 20.8 Å². The topological polar surface area (TPSA) is 68.3 Å². The summed E-state index contributed by atoms with van der Waals surface area (Å²) in [6.07, 6.45) is 0. The summed E-state index contributed by atoms with van der Waals surface area (Å²) in [7, 11) is 0. The first-order chi connectivity index (χ1) is 10.9. The van der Waals surface area contributed by atoms with Crippen molar-refractivity contribution in [2.24, 2.45) is 0 Å². The van der Waals surface area contributed by atoms with E-state index in [1.54, 1.807) is 18.2 Å². The lowest BCUT2D eigenvalue weighted by atomic mass is 10.3. The van der Waals surface area contributed by atoms with Gasteiger partial charge in [-0.2, -0.15) is 0 Å². The zero-order valence-corrected chi connectivity index (χ0v) is 14.3. The van der Waals surface area contributed by atoms with Crippen molar-refractivity contribution in [3.8, 4) is 0 Å². The van der Waals surface area contributed by atoms with E-state index in [1.807, 2.05) is 0 Å². The van der Waals surface area contributed by atoms with Gasteiger partial charge in [-0.3, -0.25) is 4.79 Å². The van der Waals surface area contributed by atoms with E-state index in [-0.39, 0.29) is 31.6 Å². The predicted molar refractivity (Wildman–Crippen MR) is 89.6 cm³/mol. The molecule has 0 fully saturated rings. The summed E-state index contributed by atoms with van der Waals surface area (Å²) in [5, 5.41) is 3.11. The van der Waals surface area contributed by atoms with Crippen LogP contribution in [0, 0.1) is 0 Å². The zero-order chi connectivity index (χ0) is 17.0. The van der Waals surface area contributed by atoms with Crippen molar-refractivity contribution in [3.05, 3.63) is 56.2 Å². The number of ether oxygens (including phenoxy) is 1. The van der Waals surface area contributed by atoms with Gasteiger partial charge < -0.3 is 10.1 Å². The van der Waals surface area contributed by atoms with Gasteiger partial charge in [0.1, 0.15) is 5.15 Å². The van der Waals surface area contributed by atoms with Crippen molar-refractivity contribution in [2.75, 3.05) is 11.9 Å². The summed E-state index contributed by atoms with van der Waals surface area (Å²) in [6.45, 7) is -0.565. The van der Waals surface area contributed by atoms with E-state index < -0.39 is 18.5 Å². The minimum atomic E-state index is -0.877. The Hall–Kier alpha value is -1.53. The lowest BCUT2D eigenvalue weighted by molar-refractivity contribution is -0.119. The molecule has 1 aromatic carbocycles. The minimum Gasteiger partial charge on any atom is -0.451 e. The molecule has 23 heavy (non-hydrogen) atoms. The van der Waals surface area contributed by atoms with Gasteiger partial charge in [-0.1, -0.05) is 52.5 Å². The predicted octanol–water partition coefficient (Wildman–Crippen LogP) is 4.49. The molecule has 1 N–H and O–H groups in total. The van der Waals surface area contributed by atoms with E-state index in [0.717, 1.165) is 0 Å². The fourth-order valence-corrected chi connectivity index (χ4v) is 2.38. The van der Waals surface area contributed by atoms with Crippen LogP contribution in [0.5, 0.6) is 0 Å². The minimum absolute atomic E-state index is 0.0638. The Balaban J connectivity index is 1.99. The number of benzene rings is 1. The van der Waals surface area contributed by atoms with Crippen LogP contribution in [0.1, 0.15) is 10.5 Å². The molecule has 0 saturated heterocycles. The van der Waals surface area contributed by atoms with Crippen LogP contribution in [-0.2, 0) is 9.53 Å². The van der Waals surface area contributed by atoms with Crippen LogP contribution in [0.25, 0.3) is 0 Å². The number of aromatic nitrogens is 1. The SMILES string of the molecule is O=C(COC(=O)c1nc(Cl)ccc1Cl)Nc1c(Cl)cccc1Cl. The molecule has 0 atom stereocenters. The molecular weight excluding hydrogens is 386 g/mol. The molecule has 0 bridgehead atoms. The maximum Gasteiger partial charge on any atom is 0.359 e. The van der Waals surface area contributed by atoms with Crippen LogP contribution in [-0.4, -0.2) is 23.5 Å². The van der Waals surface area contributed by atoms with Crippen molar-refractivity contribution < 1.29 is 14.3 Å². The summed E-state index contributed by atoms with van der Waals surface area (Å²) in [5.41, 5.74) is 0.0542. The van der Waals surface area contributed by atoms with Gasteiger partial charge in [0.15, 0.2) is 12.3 Å². The highest BCUT2D eigenvalue weighted by Crippen LogP contribution is 2.29. The molecule has 2 rings (SSSR count). The molecule has 0 radical (unpaired) electrons. The largest absolute Gasteiger partial charge is 0.451 e. The Morgan fingerprint density at radius 2 is 1.65 bits per heavy atom. The third-order valence-electron chi connectivity index (χ3n) is 2.57. The Bertz CT molecular complexity index is 747. The highest BCUT2D eigenvalue weighted by molar-refractivity contribution is 6.39. The van der Waals surface area contributed by atoms with E-state index in [9.17, 15) is 9.59 Å². The number of halogens is 4. The second-order valence-corrected chi connectivity index (χ2v) is 5.79. The van der Waals surface area contributed by atoms with Gasteiger partial charge in [0.2, 0.25) is 0 Å². The maximum atomic E-state index is 11.8. The molecule has 1 amide bonds. The Labute approximate surface area is 151 Å². The van der Waals surface area contributed by atoms with Gasteiger partial charge in [-0.25, -0.2) is 9.78 Å². The number of hydrogen-bond acceptors (Lipinski definition) is 4. The molecule has 1 aromatic heterocycles. The summed E-state index contributed by atoms with van der Waals surface area (Å²) in [4.78, 5) is 27.4. The molecule has 0 unspecified atom stereocenters. The van der Waals surface area contributed by atoms with Crippen LogP contribution in [0.4, 0.5) is 5.69 Å². The maximum absolute atomic E-state index is 11.8. The van der Waals surface area contributed by atoms with Gasteiger partial charge in [-0.15, -0.1) is 0 Å². The molecule has 1 heterocycles. The normalized spacial score (nSPS) is 10.3. The van der Waals surface area contributed by atoms with Gasteiger partial charge in [0.25, 0.3) is 5.91 Å². The molecule has 0 aliphatic carbocycles. The average molecular weight is 394 g/mol. The fourth-order valence-electron chi connectivity index (χ4n) is 1.55. The summed E-state index contributed by atoms with van der Waals surface area (Å²) in [5.74, 6) is -1.50. The summed E-state index contributed by atoms with van der Waals surface area (Å²) in [6, 6.07) is 7.58. The number of anilines is 1. The molecule has 0 saturated carbocycles. The standard InChI is InChI=1S/C14H8Cl4N2O3/c15-7-2-1-3-8(16)12(7)20-11(21)6-23-14(22)13-9(17)4-5-10(18)19-13/h1-5H,6H2,(H,20,21). The molecular formula is C14H8Cl4N2O3. The van der Waals surface area contributed by atoms with Crippen molar-refractivity contribution in [1.29, 1.82) is 0 Å². The highest BCUT2D eigenvalue weighted by atomic mass is 35.5. The molecule has 0 aliphatic heterocycles. The van der Waals surface area contributed by atoms with Gasteiger partial charge in [-0.05, 0) is 24.3 Å². The van der Waals surface area contributed by atoms with Crippen LogP contribution >= 0.6 is 46.4 Å². The van der Waals surface area contributed by atoms with E-state index in [0.29, 0.717) is 0 Å². The van der Waals surface area contributed by atoms with E-state index in [4.69, 9.17) is 51.1 Å². The number of nitrogens with one attached hydrogen (secondary N) is 1. The van der Waals surface area contributed by atoms with Crippen molar-refractivity contribution in [1.82, 2.24) is 4.98 Å². The number of hydrogen-bond donors (Lipinski definition) is 1. The summed E-state index contributed by atoms with van der Waals surface area (Å²) < 4.78 is 4.83. The number of pyridine rings is 1. The van der Waals surface area contributed by atoms with Crippen LogP contribution in [0.15, 0.2) is 30.3 Å². The van der Waals surface area contributed by atoms with E-state index in [2.05, 4.69) is 10.3 Å². The molecule has 2 aromatic rings. The van der Waals surface area contributed by atoms with E-state index >= 15 is 0 Å². The number of nitrogens with zero attached hydrogens (tertiary/aromatic N) is 1. The van der Waals surface area contributed by atoms with Crippen molar-refractivity contribution in [3.63, 3.8) is 0 Å². The lowest BCUT2D eigenvalue weighted by Gasteiger charge is -2.09. The van der Waals surface area contributed by atoms with Crippen LogP contribution in [0.3, 0.4) is 0 Å². The van der Waals surface area contributed by atoms with Crippen molar-refractivity contribution in [2.45, 2.75) is 0 Å². The second-order valence-electron chi connectivity index (χ2n) is 4.19. The lowest BCUT2D eigenvalue weighted by Crippen LogP contribution is -2.21. The molecule has 120 valence electrons. The Morgan fingerprint density at radius 1 is 1.00 bits per heavy atom. The summed E-state index contributed by atoms with van der Waals surface area (Å²) >= 11 is 23.3. The van der Waals surface area contributed by atoms with Gasteiger partial charge >= 0.3 is 5.97 Å². The quantitative estimate of drug-likeness (QED) is 0.613. The first-order valence-corrected chi connectivity index (χ1v) is 7.62. The van der Waals surface area contributed by atoms with Gasteiger partial charge in [0, 0.05) is 0 Å². The molecule has 0 aliphatic rings. The third-order valence-corrected chi connectivity index (χ3v) is 3.71. The highest BCUT2D eigenvalue weighted by Gasteiger charge is 2.17. The number of carbonyl (C=O) groups excluding carboxylic acids is 2. The number of para-hydroxylation sites is 1. The number of carbonyl (C=O) groups is 2. The Morgan fingerprint density at radius 3 is 2.30 bits per heavy atom. The first kappa shape index (κ1) is 17.8. The molecule has 0 spiro atoms. The third kappa shape index (κ3) is 4.72. The monoisotopic (exact) mass is 392 g/mol. The number of amides is 1. The van der Waals surface area contributed by atoms with Crippen molar-refractivity contribution >= 4 is 64.0 Å². The molecule has 9 heteroatoms. The van der Waals surface area contributed by atoms with E-state index in [1.165, 1.54) is 12.1 Å². The van der Waals surface area contributed by atoms with Crippen LogP contribution in [0.2, 0.25) is 20.2 Å². The van der Waals surface area contributed by atoms with Crippen LogP contribution < -0.4 is 5.32 Å². The molecule has 5 nitrogen and oxygen atoms in total. The fraction of sp³-hybridized carbons (Fsp3) is 0.0714.